The SMILES string of the molecule is [Cl][Cu+].[OH2+]c1c(Cl)cc(Cl)cc1C=N[N-]c1ccccn1. The van der Waals surface area contributed by atoms with Gasteiger partial charge in [-0.1, -0.05) is 47.6 Å². The first kappa shape index (κ1) is 17.1. The van der Waals surface area contributed by atoms with Crippen molar-refractivity contribution in [3.63, 3.8) is 0 Å². The minimum Gasteiger partial charge on any atom is -0.592 e. The molecule has 1 heterocycles. The van der Waals surface area contributed by atoms with Gasteiger partial charge < -0.3 is 15.5 Å². The molecule has 0 fully saturated rings. The van der Waals surface area contributed by atoms with Crippen molar-refractivity contribution in [3.8, 4) is 5.75 Å². The van der Waals surface area contributed by atoms with Gasteiger partial charge in [0.05, 0.1) is 5.56 Å². The predicted octanol–water partition coefficient (Wildman–Crippen LogP) is 4.55. The zero-order valence-electron chi connectivity index (χ0n) is 9.82. The molecule has 109 valence electrons. The first-order valence-electron chi connectivity index (χ1n) is 5.14. The Morgan fingerprint density at radius 1 is 1.25 bits per heavy atom. The van der Waals surface area contributed by atoms with E-state index < -0.39 is 0 Å². The van der Waals surface area contributed by atoms with Gasteiger partial charge >= 0.3 is 25.2 Å². The van der Waals surface area contributed by atoms with E-state index in [9.17, 15) is 0 Å². The Labute approximate surface area is 138 Å². The molecule has 0 unspecified atom stereocenters. The van der Waals surface area contributed by atoms with Crippen LogP contribution in [0.5, 0.6) is 5.75 Å². The van der Waals surface area contributed by atoms with Crippen LogP contribution in [0.15, 0.2) is 41.6 Å². The fourth-order valence-corrected chi connectivity index (χ4v) is 1.77. The average Bonchev–Trinajstić information content (AvgIpc) is 2.47. The molecular formula is C12H9Cl3CuN3O+. The summed E-state index contributed by atoms with van der Waals surface area (Å²) < 4.78 is 0. The smallest absolute Gasteiger partial charge is 0.281 e. The first-order chi connectivity index (χ1) is 9.66. The molecule has 0 atom stereocenters. The maximum atomic E-state index is 7.74. The Morgan fingerprint density at radius 2 is 2.00 bits per heavy atom. The maximum Gasteiger partial charge on any atom is 0.281 e. The summed E-state index contributed by atoms with van der Waals surface area (Å²) in [6, 6.07) is 8.45. The van der Waals surface area contributed by atoms with Gasteiger partial charge in [-0.15, -0.1) is 0 Å². The van der Waals surface area contributed by atoms with Crippen LogP contribution < -0.4 is 0 Å². The van der Waals surface area contributed by atoms with Gasteiger partial charge in [-0.2, -0.15) is 0 Å². The third kappa shape index (κ3) is 5.19. The second-order valence-corrected chi connectivity index (χ2v) is 4.23. The zero-order valence-corrected chi connectivity index (χ0v) is 13.0. The summed E-state index contributed by atoms with van der Waals surface area (Å²) in [5.41, 5.74) is 4.40. The Hall–Kier alpha value is -0.971. The second-order valence-electron chi connectivity index (χ2n) is 3.38. The molecule has 1 aromatic heterocycles. The molecule has 0 saturated heterocycles. The number of nitrogens with zero attached hydrogens (tertiary/aromatic N) is 3. The van der Waals surface area contributed by atoms with Crippen molar-refractivity contribution < 1.29 is 20.2 Å². The van der Waals surface area contributed by atoms with Gasteiger partial charge in [0.25, 0.3) is 5.75 Å². The van der Waals surface area contributed by atoms with Crippen molar-refractivity contribution in [2.24, 2.45) is 5.10 Å². The van der Waals surface area contributed by atoms with Crippen LogP contribution in [0, 0.1) is 0 Å². The predicted molar refractivity (Wildman–Crippen MR) is 80.2 cm³/mol. The summed E-state index contributed by atoms with van der Waals surface area (Å²) in [5, 5.41) is 12.3. The van der Waals surface area contributed by atoms with E-state index in [2.05, 4.69) is 40.7 Å². The molecule has 1 aromatic carbocycles. The summed E-state index contributed by atoms with van der Waals surface area (Å²) in [7, 11) is 4.20. The summed E-state index contributed by atoms with van der Waals surface area (Å²) in [4.78, 5) is 3.99. The van der Waals surface area contributed by atoms with Crippen molar-refractivity contribution in [2.45, 2.75) is 0 Å². The first-order valence-corrected chi connectivity index (χ1v) is 7.19. The molecule has 2 N–H and O–H groups in total. The van der Waals surface area contributed by atoms with Crippen LogP contribution in [0.3, 0.4) is 0 Å². The summed E-state index contributed by atoms with van der Waals surface area (Å²) in [5.74, 6) is 0.662. The van der Waals surface area contributed by atoms with Gasteiger partial charge in [0, 0.05) is 11.2 Å². The van der Waals surface area contributed by atoms with Gasteiger partial charge in [0.15, 0.2) is 0 Å². The Kier molecular flexibility index (Phi) is 7.73. The van der Waals surface area contributed by atoms with Crippen molar-refractivity contribution >= 4 is 45.3 Å². The molecule has 0 amide bonds. The number of rotatable bonds is 3. The average molecular weight is 381 g/mol. The van der Waals surface area contributed by atoms with E-state index in [1.54, 1.807) is 24.4 Å². The fraction of sp³-hybridized carbons (Fsp3) is 0. The van der Waals surface area contributed by atoms with Gasteiger partial charge in [0.2, 0.25) is 0 Å². The largest absolute Gasteiger partial charge is 0.592 e. The van der Waals surface area contributed by atoms with E-state index >= 15 is 0 Å². The molecule has 0 saturated carbocycles. The number of aromatic nitrogens is 1. The van der Waals surface area contributed by atoms with Gasteiger partial charge in [-0.05, 0) is 18.0 Å². The van der Waals surface area contributed by atoms with E-state index in [1.165, 1.54) is 12.3 Å². The summed E-state index contributed by atoms with van der Waals surface area (Å²) >= 11 is 15.3. The molecule has 2 aromatic rings. The molecule has 0 spiro atoms. The standard InChI is InChI=1S/C12H8Cl2N3O.ClH.Cu/c13-9-5-8(12(18)10(14)6-9)7-16-17-11-3-1-2-4-15-11;;/h1-7H,(H-,15,16,17,18);1H;/q-1;;+2. The van der Waals surface area contributed by atoms with Gasteiger partial charge in [-0.3, -0.25) is 5.10 Å². The van der Waals surface area contributed by atoms with Crippen LogP contribution in [-0.4, -0.2) is 16.3 Å². The molecule has 0 aliphatic heterocycles. The minimum atomic E-state index is 0.168. The van der Waals surface area contributed by atoms with Crippen LogP contribution in [0.25, 0.3) is 5.43 Å². The van der Waals surface area contributed by atoms with E-state index in [4.69, 9.17) is 28.3 Å². The van der Waals surface area contributed by atoms with Crippen molar-refractivity contribution in [1.82, 2.24) is 4.98 Å². The van der Waals surface area contributed by atoms with Crippen molar-refractivity contribution in [3.05, 3.63) is 57.6 Å². The number of hydrogen-bond donors (Lipinski definition) is 0. The molecule has 0 bridgehead atoms. The molecule has 4 nitrogen and oxygen atoms in total. The summed E-state index contributed by atoms with van der Waals surface area (Å²) in [6.45, 7) is 0. The molecule has 2 rings (SSSR count). The minimum absolute atomic E-state index is 0.168. The quantitative estimate of drug-likeness (QED) is 0.333. The number of halogens is 3. The molecule has 0 radical (unpaired) electrons. The van der Waals surface area contributed by atoms with Crippen LogP contribution in [0.4, 0.5) is 5.82 Å². The summed E-state index contributed by atoms with van der Waals surface area (Å²) in [6.07, 6.45) is 3.05. The third-order valence-corrected chi connectivity index (χ3v) is 2.61. The van der Waals surface area contributed by atoms with Crippen LogP contribution in [-0.2, 0) is 15.1 Å². The van der Waals surface area contributed by atoms with Crippen LogP contribution in [0.1, 0.15) is 5.56 Å². The van der Waals surface area contributed by atoms with Crippen LogP contribution in [0.2, 0.25) is 10.0 Å². The van der Waals surface area contributed by atoms with Crippen molar-refractivity contribution in [2.75, 3.05) is 0 Å². The molecular weight excluding hydrogens is 372 g/mol. The number of pyridine rings is 1. The Morgan fingerprint density at radius 3 is 2.65 bits per heavy atom. The van der Waals surface area contributed by atoms with E-state index in [0.717, 1.165) is 0 Å². The monoisotopic (exact) mass is 379 g/mol. The molecule has 20 heavy (non-hydrogen) atoms. The molecule has 0 aliphatic rings. The number of benzene rings is 1. The van der Waals surface area contributed by atoms with Gasteiger partial charge in [0.1, 0.15) is 5.02 Å². The fourth-order valence-electron chi connectivity index (χ4n) is 1.26. The zero-order chi connectivity index (χ0) is 15.0. The Balaban J connectivity index is 0.000000956. The maximum absolute atomic E-state index is 7.74. The van der Waals surface area contributed by atoms with E-state index in [0.29, 0.717) is 16.4 Å². The molecule has 8 heteroatoms. The normalized spacial score (nSPS) is 10.1. The van der Waals surface area contributed by atoms with Crippen LogP contribution >= 0.6 is 33.3 Å². The van der Waals surface area contributed by atoms with Gasteiger partial charge in [-0.25, -0.2) is 0 Å². The number of hydrogen-bond acceptors (Lipinski definition) is 2. The third-order valence-electron chi connectivity index (χ3n) is 2.09. The second kappa shape index (κ2) is 9.06. The Bertz CT molecular complexity index is 582. The topological polar surface area (TPSA) is 62.2 Å². The van der Waals surface area contributed by atoms with Crippen molar-refractivity contribution in [1.29, 1.82) is 0 Å². The van der Waals surface area contributed by atoms with E-state index in [-0.39, 0.29) is 10.8 Å². The van der Waals surface area contributed by atoms with E-state index in [1.807, 2.05) is 6.07 Å². The molecule has 0 aliphatic carbocycles.